The zero-order chi connectivity index (χ0) is 12.0. The molecule has 2 N–H and O–H groups in total. The van der Waals surface area contributed by atoms with Gasteiger partial charge in [-0.3, -0.25) is 4.79 Å². The summed E-state index contributed by atoms with van der Waals surface area (Å²) in [5.74, 6) is -0.151. The molecule has 0 radical (unpaired) electrons. The van der Waals surface area contributed by atoms with Gasteiger partial charge in [-0.2, -0.15) is 0 Å². The Balaban J connectivity index is 1.99. The molecule has 3 rings (SSSR count). The van der Waals surface area contributed by atoms with E-state index >= 15 is 0 Å². The van der Waals surface area contributed by atoms with E-state index in [0.29, 0.717) is 5.69 Å². The number of carboxylic acids is 1. The number of amides is 1. The van der Waals surface area contributed by atoms with Crippen LogP contribution in [0, 0.1) is 5.41 Å². The summed E-state index contributed by atoms with van der Waals surface area (Å²) in [4.78, 5) is 23.8. The van der Waals surface area contributed by atoms with Crippen LogP contribution < -0.4 is 5.32 Å². The van der Waals surface area contributed by atoms with Gasteiger partial charge in [0.05, 0.1) is 16.7 Å². The topological polar surface area (TPSA) is 66.4 Å². The van der Waals surface area contributed by atoms with Crippen molar-refractivity contribution in [3.63, 3.8) is 0 Å². The lowest BCUT2D eigenvalue weighted by Gasteiger charge is -2.09. The van der Waals surface area contributed by atoms with Gasteiger partial charge >= 0.3 is 5.97 Å². The zero-order valence-corrected chi connectivity index (χ0v) is 9.84. The monoisotopic (exact) mass is 249 g/mol. The smallest absolute Gasteiger partial charge is 0.335 e. The molecule has 1 spiro atoms. The predicted octanol–water partition coefficient (Wildman–Crippen LogP) is 2.21. The number of aromatic carboxylic acids is 1. The van der Waals surface area contributed by atoms with Crippen LogP contribution in [0.1, 0.15) is 23.2 Å². The highest BCUT2D eigenvalue weighted by Gasteiger charge is 2.50. The predicted molar refractivity (Wildman–Crippen MR) is 64.4 cm³/mol. The molecule has 4 nitrogen and oxygen atoms in total. The Bertz CT molecular complexity index is 522. The summed E-state index contributed by atoms with van der Waals surface area (Å²) in [6, 6.07) is 4.88. The number of nitrogens with one attached hydrogen (secondary N) is 1. The van der Waals surface area contributed by atoms with E-state index in [-0.39, 0.29) is 16.9 Å². The average molecular weight is 249 g/mol. The van der Waals surface area contributed by atoms with Crippen molar-refractivity contribution in [2.75, 3.05) is 11.1 Å². The van der Waals surface area contributed by atoms with Crippen molar-refractivity contribution in [1.29, 1.82) is 0 Å². The van der Waals surface area contributed by atoms with E-state index in [4.69, 9.17) is 5.11 Å². The Kier molecular flexibility index (Phi) is 2.19. The maximum absolute atomic E-state index is 12.0. The van der Waals surface area contributed by atoms with E-state index in [2.05, 4.69) is 5.32 Å². The molecule has 1 heterocycles. The van der Waals surface area contributed by atoms with Gasteiger partial charge in [0, 0.05) is 10.6 Å². The van der Waals surface area contributed by atoms with Crippen LogP contribution in [0.5, 0.6) is 0 Å². The number of rotatable bonds is 1. The Morgan fingerprint density at radius 3 is 2.82 bits per heavy atom. The van der Waals surface area contributed by atoms with Crippen LogP contribution in [0.2, 0.25) is 0 Å². The molecule has 1 aliphatic carbocycles. The molecule has 1 amide bonds. The van der Waals surface area contributed by atoms with Gasteiger partial charge in [0.1, 0.15) is 0 Å². The first-order valence-corrected chi connectivity index (χ1v) is 6.41. The molecular formula is C12H11NO3S. The quantitative estimate of drug-likeness (QED) is 0.800. The van der Waals surface area contributed by atoms with E-state index in [1.807, 2.05) is 0 Å². The molecule has 5 heteroatoms. The first kappa shape index (κ1) is 10.7. The number of carbonyl (C=O) groups is 2. The van der Waals surface area contributed by atoms with Gasteiger partial charge < -0.3 is 10.4 Å². The largest absolute Gasteiger partial charge is 0.478 e. The number of thioether (sulfide) groups is 1. The van der Waals surface area contributed by atoms with Gasteiger partial charge in [-0.1, -0.05) is 0 Å². The van der Waals surface area contributed by atoms with Crippen molar-refractivity contribution in [3.05, 3.63) is 23.8 Å². The summed E-state index contributed by atoms with van der Waals surface area (Å²) >= 11 is 1.63. The van der Waals surface area contributed by atoms with Gasteiger partial charge in [-0.15, -0.1) is 11.8 Å². The van der Waals surface area contributed by atoms with Crippen molar-refractivity contribution < 1.29 is 14.7 Å². The number of hydrogen-bond acceptors (Lipinski definition) is 3. The molecule has 0 unspecified atom stereocenters. The molecule has 0 aromatic heterocycles. The molecule has 88 valence electrons. The van der Waals surface area contributed by atoms with Crippen LogP contribution in [0.3, 0.4) is 0 Å². The fourth-order valence-electron chi connectivity index (χ4n) is 1.95. The van der Waals surface area contributed by atoms with Crippen LogP contribution in [0.25, 0.3) is 0 Å². The summed E-state index contributed by atoms with van der Waals surface area (Å²) in [6.45, 7) is 0. The SMILES string of the molecule is O=C(O)c1ccc2c(c1)NC(=O)C1(CC1)CS2. The Morgan fingerprint density at radius 2 is 2.18 bits per heavy atom. The van der Waals surface area contributed by atoms with Gasteiger partial charge in [-0.05, 0) is 31.0 Å². The third-order valence-electron chi connectivity index (χ3n) is 3.31. The van der Waals surface area contributed by atoms with Gasteiger partial charge in [0.15, 0.2) is 0 Å². The van der Waals surface area contributed by atoms with Crippen LogP contribution in [-0.4, -0.2) is 22.7 Å². The highest BCUT2D eigenvalue weighted by atomic mass is 32.2. The second kappa shape index (κ2) is 3.50. The number of carbonyl (C=O) groups excluding carboxylic acids is 1. The summed E-state index contributed by atoms with van der Waals surface area (Å²) < 4.78 is 0. The lowest BCUT2D eigenvalue weighted by atomic mass is 10.1. The van der Waals surface area contributed by atoms with Crippen LogP contribution >= 0.6 is 11.8 Å². The normalized spacial score (nSPS) is 20.4. The lowest BCUT2D eigenvalue weighted by molar-refractivity contribution is -0.120. The number of anilines is 1. The molecule has 1 saturated carbocycles. The molecular weight excluding hydrogens is 238 g/mol. The van der Waals surface area contributed by atoms with E-state index < -0.39 is 5.97 Å². The van der Waals surface area contributed by atoms with Crippen molar-refractivity contribution in [3.8, 4) is 0 Å². The summed E-state index contributed by atoms with van der Waals surface area (Å²) in [6.07, 6.45) is 1.87. The highest BCUT2D eigenvalue weighted by Crippen LogP contribution is 2.52. The van der Waals surface area contributed by atoms with Crippen molar-refractivity contribution in [1.82, 2.24) is 0 Å². The molecule has 1 aliphatic heterocycles. The lowest BCUT2D eigenvalue weighted by Crippen LogP contribution is -2.24. The molecule has 1 aromatic rings. The Morgan fingerprint density at radius 1 is 1.41 bits per heavy atom. The maximum Gasteiger partial charge on any atom is 0.335 e. The molecule has 2 aliphatic rings. The fourth-order valence-corrected chi connectivity index (χ4v) is 3.23. The first-order chi connectivity index (χ1) is 8.11. The zero-order valence-electron chi connectivity index (χ0n) is 9.03. The molecule has 0 atom stereocenters. The van der Waals surface area contributed by atoms with E-state index in [1.54, 1.807) is 23.9 Å². The summed E-state index contributed by atoms with van der Waals surface area (Å²) in [5, 5.41) is 11.8. The number of carboxylic acid groups (broad SMARTS) is 1. The standard InChI is InChI=1S/C12H11NO3S/c14-10(15)7-1-2-9-8(5-7)13-11(16)12(3-4-12)6-17-9/h1-2,5H,3-4,6H2,(H,13,16)(H,14,15). The summed E-state index contributed by atoms with van der Waals surface area (Å²) in [5.41, 5.74) is 0.632. The minimum atomic E-state index is -0.975. The van der Waals surface area contributed by atoms with E-state index in [9.17, 15) is 9.59 Å². The van der Waals surface area contributed by atoms with Crippen LogP contribution in [0.4, 0.5) is 5.69 Å². The molecule has 17 heavy (non-hydrogen) atoms. The fraction of sp³-hybridized carbons (Fsp3) is 0.333. The van der Waals surface area contributed by atoms with Crippen LogP contribution in [0.15, 0.2) is 23.1 Å². The van der Waals surface area contributed by atoms with Crippen LogP contribution in [-0.2, 0) is 4.79 Å². The van der Waals surface area contributed by atoms with E-state index in [0.717, 1.165) is 23.5 Å². The Labute approximate surface area is 102 Å². The third kappa shape index (κ3) is 1.70. The molecule has 1 aromatic carbocycles. The first-order valence-electron chi connectivity index (χ1n) is 5.42. The minimum absolute atomic E-state index is 0.0336. The number of fused-ring (bicyclic) bond motifs is 1. The summed E-state index contributed by atoms with van der Waals surface area (Å²) in [7, 11) is 0. The molecule has 0 saturated heterocycles. The van der Waals surface area contributed by atoms with E-state index in [1.165, 1.54) is 6.07 Å². The minimum Gasteiger partial charge on any atom is -0.478 e. The molecule has 0 bridgehead atoms. The van der Waals surface area contributed by atoms with Gasteiger partial charge in [0.25, 0.3) is 0 Å². The second-order valence-electron chi connectivity index (χ2n) is 4.54. The van der Waals surface area contributed by atoms with Crippen molar-refractivity contribution in [2.24, 2.45) is 5.41 Å². The van der Waals surface area contributed by atoms with Gasteiger partial charge in [0.2, 0.25) is 5.91 Å². The third-order valence-corrected chi connectivity index (χ3v) is 4.68. The number of benzene rings is 1. The molecule has 1 fully saturated rings. The van der Waals surface area contributed by atoms with Crippen molar-refractivity contribution in [2.45, 2.75) is 17.7 Å². The Hall–Kier alpha value is -1.49. The second-order valence-corrected chi connectivity index (χ2v) is 5.56. The number of hydrogen-bond donors (Lipinski definition) is 2. The average Bonchev–Trinajstić information content (AvgIpc) is 3.09. The van der Waals surface area contributed by atoms with Crippen molar-refractivity contribution >= 4 is 29.3 Å². The van der Waals surface area contributed by atoms with Gasteiger partial charge in [-0.25, -0.2) is 4.79 Å². The maximum atomic E-state index is 12.0. The highest BCUT2D eigenvalue weighted by molar-refractivity contribution is 7.99.